The number of fused-ring (bicyclic) bond motifs is 2. The molecule has 0 saturated heterocycles. The number of anilines is 2. The number of hydrogen-bond donors (Lipinski definition) is 2. The first-order valence-electron chi connectivity index (χ1n) is 11.0. The Morgan fingerprint density at radius 1 is 1.11 bits per heavy atom. The van der Waals surface area contributed by atoms with Gasteiger partial charge in [0.15, 0.2) is 11.2 Å². The topological polar surface area (TPSA) is 174 Å². The predicted molar refractivity (Wildman–Crippen MR) is 128 cm³/mol. The molecule has 0 amide bonds. The minimum absolute atomic E-state index is 0.0955. The Hall–Kier alpha value is -4.45. The van der Waals surface area contributed by atoms with E-state index in [-0.39, 0.29) is 11.8 Å². The van der Waals surface area contributed by atoms with E-state index in [9.17, 15) is 4.79 Å². The minimum Gasteiger partial charge on any atom is -0.424 e. The highest BCUT2D eigenvalue weighted by Crippen LogP contribution is 2.32. The number of aryl methyl sites for hydroxylation is 1. The highest BCUT2D eigenvalue weighted by molar-refractivity contribution is 5.99. The molecule has 0 fully saturated rings. The largest absolute Gasteiger partial charge is 0.424 e. The third kappa shape index (κ3) is 4.64. The van der Waals surface area contributed by atoms with Crippen molar-refractivity contribution in [3.8, 4) is 11.3 Å². The van der Waals surface area contributed by atoms with Crippen molar-refractivity contribution in [2.24, 2.45) is 0 Å². The average molecular weight is 473 g/mol. The first-order valence-corrected chi connectivity index (χ1v) is 11.0. The number of oxazole rings is 1. The smallest absolute Gasteiger partial charge is 0.292 e. The van der Waals surface area contributed by atoms with E-state index in [1.54, 1.807) is 30.3 Å². The van der Waals surface area contributed by atoms with Crippen LogP contribution in [0.4, 0.5) is 11.8 Å². The summed E-state index contributed by atoms with van der Waals surface area (Å²) in [5.41, 5.74) is 15.9. The quantitative estimate of drug-likeness (QED) is 0.321. The summed E-state index contributed by atoms with van der Waals surface area (Å²) in [6, 6.07) is 5.57. The van der Waals surface area contributed by atoms with E-state index in [2.05, 4.69) is 24.9 Å². The second-order valence-electron chi connectivity index (χ2n) is 7.99. The summed E-state index contributed by atoms with van der Waals surface area (Å²) < 4.78 is 12.0. The number of aromatic nitrogens is 7. The summed E-state index contributed by atoms with van der Waals surface area (Å²) in [7, 11) is 1.58. The lowest BCUT2D eigenvalue weighted by Crippen LogP contribution is -2.07. The van der Waals surface area contributed by atoms with Crippen LogP contribution in [0.5, 0.6) is 0 Å². The predicted octanol–water partition coefficient (Wildman–Crippen LogP) is 2.18. The third-order valence-corrected chi connectivity index (χ3v) is 5.54. The molecule has 0 spiro atoms. The highest BCUT2D eigenvalue weighted by atomic mass is 16.5. The molecule has 178 valence electrons. The molecule has 4 aromatic heterocycles. The van der Waals surface area contributed by atoms with Crippen LogP contribution in [0.2, 0.25) is 0 Å². The first-order chi connectivity index (χ1) is 17.0. The van der Waals surface area contributed by atoms with Gasteiger partial charge in [0.25, 0.3) is 6.01 Å². The van der Waals surface area contributed by atoms with Gasteiger partial charge in [0.05, 0.1) is 18.5 Å². The molecule has 0 radical (unpaired) electrons. The Morgan fingerprint density at radius 3 is 2.74 bits per heavy atom. The average Bonchev–Trinajstić information content (AvgIpc) is 3.42. The third-order valence-electron chi connectivity index (χ3n) is 5.54. The van der Waals surface area contributed by atoms with Crippen molar-refractivity contribution in [2.45, 2.75) is 25.8 Å². The second-order valence-corrected chi connectivity index (χ2v) is 7.99. The van der Waals surface area contributed by atoms with Gasteiger partial charge in [-0.25, -0.2) is 24.6 Å². The van der Waals surface area contributed by atoms with Crippen LogP contribution in [0.25, 0.3) is 33.4 Å². The Bertz CT molecular complexity index is 1510. The number of nitrogens with two attached hydrogens (primary N) is 2. The number of Topliss-reactive ketones (excluding diaryl/α,β-unsaturated/α-hetero) is 1. The first kappa shape index (κ1) is 22.3. The van der Waals surface area contributed by atoms with Crippen LogP contribution >= 0.6 is 0 Å². The van der Waals surface area contributed by atoms with E-state index >= 15 is 0 Å². The number of nitrogens with zero attached hydrogens (tertiary/aromatic N) is 7. The minimum atomic E-state index is 0.0955. The van der Waals surface area contributed by atoms with Crippen LogP contribution in [-0.4, -0.2) is 54.2 Å². The molecule has 0 unspecified atom stereocenters. The van der Waals surface area contributed by atoms with Gasteiger partial charge in [0.1, 0.15) is 35.0 Å². The van der Waals surface area contributed by atoms with Gasteiger partial charge in [-0.2, -0.15) is 10.1 Å². The van der Waals surface area contributed by atoms with Crippen molar-refractivity contribution in [1.82, 2.24) is 34.7 Å². The number of ether oxygens (including phenoxy) is 1. The Labute approximate surface area is 199 Å². The van der Waals surface area contributed by atoms with Crippen LogP contribution in [0.1, 0.15) is 24.2 Å². The molecule has 35 heavy (non-hydrogen) atoms. The number of methoxy groups -OCH3 is 1. The molecule has 5 rings (SSSR count). The number of ketones is 1. The molecule has 0 aliphatic carbocycles. The molecule has 0 aliphatic heterocycles. The monoisotopic (exact) mass is 473 g/mol. The van der Waals surface area contributed by atoms with Crippen LogP contribution in [-0.2, 0) is 22.5 Å². The van der Waals surface area contributed by atoms with E-state index < -0.39 is 0 Å². The maximum Gasteiger partial charge on any atom is 0.292 e. The van der Waals surface area contributed by atoms with E-state index in [1.165, 1.54) is 6.33 Å². The van der Waals surface area contributed by atoms with Gasteiger partial charge < -0.3 is 20.6 Å². The second kappa shape index (κ2) is 9.43. The molecule has 0 atom stereocenters. The number of benzene rings is 1. The molecule has 0 aliphatic rings. The van der Waals surface area contributed by atoms with Gasteiger partial charge >= 0.3 is 0 Å². The summed E-state index contributed by atoms with van der Waals surface area (Å²) in [5.74, 6) is 1.05. The normalized spacial score (nSPS) is 11.5. The zero-order valence-electron chi connectivity index (χ0n) is 19.0. The van der Waals surface area contributed by atoms with Gasteiger partial charge in [-0.05, 0) is 18.2 Å². The highest BCUT2D eigenvalue weighted by Gasteiger charge is 2.18. The number of rotatable bonds is 9. The summed E-state index contributed by atoms with van der Waals surface area (Å²) >= 11 is 0. The Morgan fingerprint density at radius 2 is 1.94 bits per heavy atom. The van der Waals surface area contributed by atoms with E-state index in [0.29, 0.717) is 71.9 Å². The van der Waals surface area contributed by atoms with Crippen molar-refractivity contribution < 1.29 is 13.9 Å². The molecule has 4 heterocycles. The zero-order valence-corrected chi connectivity index (χ0v) is 19.0. The molecular weight excluding hydrogens is 450 g/mol. The van der Waals surface area contributed by atoms with Crippen molar-refractivity contribution in [3.63, 3.8) is 0 Å². The summed E-state index contributed by atoms with van der Waals surface area (Å²) in [6.07, 6.45) is 6.12. The maximum absolute atomic E-state index is 11.8. The van der Waals surface area contributed by atoms with E-state index in [0.717, 1.165) is 11.1 Å². The van der Waals surface area contributed by atoms with Crippen molar-refractivity contribution >= 4 is 39.7 Å². The van der Waals surface area contributed by atoms with Gasteiger partial charge in [0, 0.05) is 49.9 Å². The molecule has 12 heteroatoms. The van der Waals surface area contributed by atoms with Crippen molar-refractivity contribution in [1.29, 1.82) is 0 Å². The number of hydrogen-bond acceptors (Lipinski definition) is 11. The molecule has 1 aromatic carbocycles. The van der Waals surface area contributed by atoms with E-state index in [4.69, 9.17) is 25.7 Å². The van der Waals surface area contributed by atoms with Gasteiger partial charge in [0.2, 0.25) is 0 Å². The maximum atomic E-state index is 11.8. The van der Waals surface area contributed by atoms with Crippen molar-refractivity contribution in [3.05, 3.63) is 48.3 Å². The summed E-state index contributed by atoms with van der Waals surface area (Å²) in [4.78, 5) is 33.4. The lowest BCUT2D eigenvalue weighted by molar-refractivity contribution is -0.119. The lowest BCUT2D eigenvalue weighted by atomic mass is 10.1. The number of nitrogen functional groups attached to an aromatic ring is 2. The fraction of sp³-hybridized carbons (Fsp3) is 0.261. The molecule has 12 nitrogen and oxygen atoms in total. The van der Waals surface area contributed by atoms with Gasteiger partial charge in [-0.15, -0.1) is 0 Å². The molecule has 0 bridgehead atoms. The van der Waals surface area contributed by atoms with Crippen LogP contribution in [0.15, 0.2) is 41.3 Å². The van der Waals surface area contributed by atoms with E-state index in [1.807, 2.05) is 12.1 Å². The number of carbonyl (C=O) groups excluding carboxylic acids is 1. The molecular formula is C23H23N9O3. The van der Waals surface area contributed by atoms with Gasteiger partial charge in [-0.3, -0.25) is 4.79 Å². The standard InChI is InChI=1S/C23H23N9O3/c1-34-7-6-15(33)3-5-18-26-9-13(10-27-18)11-32-22-19(21(24)28-12-29-22)20(31-32)14-2-4-17-16(8-14)30-23(25)35-17/h2,4,8-10,12H,3,5-7,11H2,1H3,(H2,25,30)(H2,24,28,29). The Balaban J connectivity index is 1.41. The SMILES string of the molecule is COCCC(=O)CCc1ncc(Cn2nc(-c3ccc4oc(N)nc4c3)c3c(N)ncnc32)cn1. The molecule has 4 N–H and O–H groups in total. The number of carbonyl (C=O) groups is 1. The Kier molecular flexibility index (Phi) is 6.02. The zero-order chi connectivity index (χ0) is 24.4. The lowest BCUT2D eigenvalue weighted by Gasteiger charge is -2.04. The fourth-order valence-electron chi connectivity index (χ4n) is 3.79. The summed E-state index contributed by atoms with van der Waals surface area (Å²) in [5, 5.41) is 5.41. The molecule has 0 saturated carbocycles. The van der Waals surface area contributed by atoms with Crippen LogP contribution < -0.4 is 11.5 Å². The van der Waals surface area contributed by atoms with Crippen molar-refractivity contribution in [2.75, 3.05) is 25.2 Å². The van der Waals surface area contributed by atoms with Gasteiger partial charge in [-0.1, -0.05) is 0 Å². The molecule has 5 aromatic rings. The summed E-state index contributed by atoms with van der Waals surface area (Å²) in [6.45, 7) is 0.798. The van der Waals surface area contributed by atoms with Crippen LogP contribution in [0, 0.1) is 0 Å². The fourth-order valence-corrected chi connectivity index (χ4v) is 3.79. The van der Waals surface area contributed by atoms with Crippen LogP contribution in [0.3, 0.4) is 0 Å².